The first kappa shape index (κ1) is 17.9. The average Bonchev–Trinajstić information content (AvgIpc) is 3.18. The quantitative estimate of drug-likeness (QED) is 0.387. The highest BCUT2D eigenvalue weighted by molar-refractivity contribution is 6.09. The second kappa shape index (κ2) is 6.80. The zero-order chi connectivity index (χ0) is 20.9. The van der Waals surface area contributed by atoms with Crippen molar-refractivity contribution in [2.45, 2.75) is 6.92 Å². The number of hydrogen-bond acceptors (Lipinski definition) is 4. The molecule has 2 aromatic heterocycles. The molecule has 1 aliphatic rings. The third-order valence-electron chi connectivity index (χ3n) is 5.55. The molecule has 152 valence electrons. The molecule has 0 bridgehead atoms. The van der Waals surface area contributed by atoms with Crippen LogP contribution in [0.15, 0.2) is 66.9 Å². The van der Waals surface area contributed by atoms with Gasteiger partial charge in [0, 0.05) is 28.6 Å². The summed E-state index contributed by atoms with van der Waals surface area (Å²) in [7, 11) is 0. The molecule has 0 atom stereocenters. The Balaban J connectivity index is 1.71. The Morgan fingerprint density at radius 2 is 1.68 bits per heavy atom. The summed E-state index contributed by atoms with van der Waals surface area (Å²) in [5, 5.41) is 6.66. The topological polar surface area (TPSA) is 49.2 Å². The first-order chi connectivity index (χ1) is 15.2. The van der Waals surface area contributed by atoms with Crippen molar-refractivity contribution in [2.75, 3.05) is 13.2 Å². The van der Waals surface area contributed by atoms with Crippen LogP contribution in [0, 0.1) is 12.7 Å². The van der Waals surface area contributed by atoms with Crippen LogP contribution >= 0.6 is 0 Å². The maximum atomic E-state index is 14.1. The molecule has 6 heteroatoms. The third kappa shape index (κ3) is 2.91. The highest BCUT2D eigenvalue weighted by atomic mass is 19.1. The normalized spacial score (nSPS) is 13.1. The Bertz CT molecular complexity index is 1460. The number of nitrogens with zero attached hydrogens (tertiary/aromatic N) is 3. The average molecular weight is 411 g/mol. The van der Waals surface area contributed by atoms with Gasteiger partial charge in [-0.3, -0.25) is 4.98 Å². The van der Waals surface area contributed by atoms with Crippen molar-refractivity contribution >= 4 is 21.8 Å². The lowest BCUT2D eigenvalue weighted by atomic mass is 10.1. The van der Waals surface area contributed by atoms with Crippen LogP contribution in [0.5, 0.6) is 11.5 Å². The predicted octanol–water partition coefficient (Wildman–Crippen LogP) is 5.46. The van der Waals surface area contributed by atoms with Gasteiger partial charge in [0.15, 0.2) is 11.5 Å². The number of rotatable bonds is 2. The number of fused-ring (bicyclic) bond motifs is 4. The van der Waals surface area contributed by atoms with E-state index in [9.17, 15) is 4.39 Å². The van der Waals surface area contributed by atoms with Gasteiger partial charge in [-0.25, -0.2) is 9.07 Å². The van der Waals surface area contributed by atoms with Crippen LogP contribution in [0.2, 0.25) is 0 Å². The molecule has 5 nitrogen and oxygen atoms in total. The Hall–Kier alpha value is -3.93. The first-order valence-corrected chi connectivity index (χ1v) is 10.1. The van der Waals surface area contributed by atoms with E-state index in [1.807, 2.05) is 43.5 Å². The van der Waals surface area contributed by atoms with E-state index in [4.69, 9.17) is 14.6 Å². The second-order valence-corrected chi connectivity index (χ2v) is 7.64. The predicted molar refractivity (Wildman–Crippen MR) is 117 cm³/mol. The van der Waals surface area contributed by atoms with E-state index in [0.29, 0.717) is 30.4 Å². The van der Waals surface area contributed by atoms with E-state index in [1.54, 1.807) is 10.7 Å². The molecule has 0 unspecified atom stereocenters. The van der Waals surface area contributed by atoms with Gasteiger partial charge in [-0.05, 0) is 31.2 Å². The number of benzene rings is 3. The van der Waals surface area contributed by atoms with Gasteiger partial charge in [0.2, 0.25) is 0 Å². The molecule has 0 fully saturated rings. The number of aryl methyl sites for hydroxylation is 1. The van der Waals surface area contributed by atoms with Crippen molar-refractivity contribution in [2.24, 2.45) is 0 Å². The van der Waals surface area contributed by atoms with Crippen LogP contribution in [0.3, 0.4) is 0 Å². The van der Waals surface area contributed by atoms with Crippen LogP contribution in [-0.2, 0) is 0 Å². The molecule has 0 amide bonds. The largest absolute Gasteiger partial charge is 0.486 e. The molecule has 1 aliphatic heterocycles. The molecule has 0 saturated heterocycles. The zero-order valence-corrected chi connectivity index (χ0v) is 16.8. The smallest absolute Gasteiger partial charge is 0.163 e. The summed E-state index contributed by atoms with van der Waals surface area (Å²) in [5.41, 5.74) is 5.21. The highest BCUT2D eigenvalue weighted by Crippen LogP contribution is 2.39. The summed E-state index contributed by atoms with van der Waals surface area (Å²) in [4.78, 5) is 4.68. The fraction of sp³-hybridized carbons (Fsp3) is 0.120. The van der Waals surface area contributed by atoms with Gasteiger partial charge in [0.05, 0.1) is 16.7 Å². The van der Waals surface area contributed by atoms with Crippen LogP contribution in [0.25, 0.3) is 38.8 Å². The highest BCUT2D eigenvalue weighted by Gasteiger charge is 2.20. The van der Waals surface area contributed by atoms with E-state index in [-0.39, 0.29) is 5.82 Å². The fourth-order valence-corrected chi connectivity index (χ4v) is 4.04. The molecule has 3 aromatic carbocycles. The summed E-state index contributed by atoms with van der Waals surface area (Å²) in [6.45, 7) is 3.06. The molecule has 0 radical (unpaired) electrons. The van der Waals surface area contributed by atoms with Crippen molar-refractivity contribution in [3.63, 3.8) is 0 Å². The summed E-state index contributed by atoms with van der Waals surface area (Å²) >= 11 is 0. The zero-order valence-electron chi connectivity index (χ0n) is 16.8. The molecule has 6 rings (SSSR count). The van der Waals surface area contributed by atoms with Gasteiger partial charge in [-0.2, -0.15) is 5.10 Å². The molecular formula is C25H18FN3O2. The molecule has 0 aliphatic carbocycles. The van der Waals surface area contributed by atoms with Gasteiger partial charge in [-0.15, -0.1) is 0 Å². The third-order valence-corrected chi connectivity index (χ3v) is 5.55. The fourth-order valence-electron chi connectivity index (χ4n) is 4.04. The van der Waals surface area contributed by atoms with Gasteiger partial charge in [0.25, 0.3) is 0 Å². The van der Waals surface area contributed by atoms with Gasteiger partial charge < -0.3 is 9.47 Å². The second-order valence-electron chi connectivity index (χ2n) is 7.64. The molecular weight excluding hydrogens is 393 g/mol. The van der Waals surface area contributed by atoms with Crippen molar-refractivity contribution < 1.29 is 13.9 Å². The summed E-state index contributed by atoms with van der Waals surface area (Å²) in [5.74, 6) is 1.05. The lowest BCUT2D eigenvalue weighted by Crippen LogP contribution is -2.15. The molecule has 3 heterocycles. The van der Waals surface area contributed by atoms with E-state index >= 15 is 0 Å². The van der Waals surface area contributed by atoms with Crippen molar-refractivity contribution in [3.05, 3.63) is 78.2 Å². The molecule has 0 spiro atoms. The van der Waals surface area contributed by atoms with Crippen molar-refractivity contribution in [3.8, 4) is 28.4 Å². The Kier molecular flexibility index (Phi) is 3.93. The Labute approximate surface area is 177 Å². The minimum atomic E-state index is -0.314. The monoisotopic (exact) mass is 411 g/mol. The summed E-state index contributed by atoms with van der Waals surface area (Å²) in [6, 6.07) is 18.5. The SMILES string of the molecule is Cc1ccc(-c2nn(-c3cccc(F)c3)c3c2cnc2cc4c(cc23)OCCO4)cc1. The first-order valence-electron chi connectivity index (χ1n) is 10.1. The maximum absolute atomic E-state index is 14.1. The standard InChI is InChI=1S/C25H18FN3O2/c1-15-5-7-16(8-6-15)24-20-14-27-21-13-23-22(30-9-10-31-23)12-19(21)25(20)29(28-24)18-4-2-3-17(26)11-18/h2-8,11-14H,9-10H2,1H3. The number of ether oxygens (including phenoxy) is 2. The lowest BCUT2D eigenvalue weighted by molar-refractivity contribution is 0.172. The van der Waals surface area contributed by atoms with Gasteiger partial charge >= 0.3 is 0 Å². The minimum absolute atomic E-state index is 0.314. The summed E-state index contributed by atoms with van der Waals surface area (Å²) in [6.07, 6.45) is 1.83. The van der Waals surface area contributed by atoms with Crippen LogP contribution in [0.1, 0.15) is 5.56 Å². The van der Waals surface area contributed by atoms with Crippen LogP contribution in [0.4, 0.5) is 4.39 Å². The van der Waals surface area contributed by atoms with Gasteiger partial charge in [-0.1, -0.05) is 35.9 Å². The Morgan fingerprint density at radius 3 is 2.45 bits per heavy atom. The van der Waals surface area contributed by atoms with Crippen LogP contribution < -0.4 is 9.47 Å². The maximum Gasteiger partial charge on any atom is 0.163 e. The summed E-state index contributed by atoms with van der Waals surface area (Å²) < 4.78 is 27.4. The molecule has 0 N–H and O–H groups in total. The van der Waals surface area contributed by atoms with E-state index in [0.717, 1.165) is 33.1 Å². The van der Waals surface area contributed by atoms with E-state index in [1.165, 1.54) is 17.7 Å². The number of hydrogen-bond donors (Lipinski definition) is 0. The number of aromatic nitrogens is 3. The van der Waals surface area contributed by atoms with Crippen molar-refractivity contribution in [1.82, 2.24) is 14.8 Å². The minimum Gasteiger partial charge on any atom is -0.486 e. The van der Waals surface area contributed by atoms with Crippen LogP contribution in [-0.4, -0.2) is 28.0 Å². The van der Waals surface area contributed by atoms with E-state index in [2.05, 4.69) is 17.1 Å². The molecule has 5 aromatic rings. The van der Waals surface area contributed by atoms with Crippen molar-refractivity contribution in [1.29, 1.82) is 0 Å². The molecule has 0 saturated carbocycles. The lowest BCUT2D eigenvalue weighted by Gasteiger charge is -2.19. The van der Waals surface area contributed by atoms with E-state index < -0.39 is 0 Å². The number of halogens is 1. The number of pyridine rings is 1. The van der Waals surface area contributed by atoms with Gasteiger partial charge in [0.1, 0.15) is 24.7 Å². The Morgan fingerprint density at radius 1 is 0.903 bits per heavy atom. The molecule has 31 heavy (non-hydrogen) atoms.